The minimum absolute atomic E-state index is 0.235. The third-order valence-corrected chi connectivity index (χ3v) is 3.71. The number of nitrogens with zero attached hydrogens (tertiary/aromatic N) is 5. The zero-order valence-corrected chi connectivity index (χ0v) is 13.4. The molecule has 0 bridgehead atoms. The highest BCUT2D eigenvalue weighted by Crippen LogP contribution is 2.27. The summed E-state index contributed by atoms with van der Waals surface area (Å²) in [4.78, 5) is 12.7. The van der Waals surface area contributed by atoms with Crippen LogP contribution in [0, 0.1) is 13.8 Å². The number of hydrogen-bond acceptors (Lipinski definition) is 6. The van der Waals surface area contributed by atoms with Gasteiger partial charge in [-0.15, -0.1) is 0 Å². The molecule has 0 aromatic carbocycles. The highest BCUT2D eigenvalue weighted by molar-refractivity contribution is 5.68. The van der Waals surface area contributed by atoms with Crippen LogP contribution in [0.1, 0.15) is 17.0 Å². The summed E-state index contributed by atoms with van der Waals surface area (Å²) in [5, 5.41) is 7.69. The average molecular weight is 309 g/mol. The molecule has 7 nitrogen and oxygen atoms in total. The van der Waals surface area contributed by atoms with Gasteiger partial charge < -0.3 is 11.1 Å². The summed E-state index contributed by atoms with van der Waals surface area (Å²) in [6.07, 6.45) is 3.56. The van der Waals surface area contributed by atoms with Crippen molar-refractivity contribution < 1.29 is 0 Å². The van der Waals surface area contributed by atoms with Crippen molar-refractivity contribution in [2.24, 2.45) is 7.05 Å². The van der Waals surface area contributed by atoms with E-state index in [-0.39, 0.29) is 5.95 Å². The van der Waals surface area contributed by atoms with Crippen LogP contribution in [0.4, 0.5) is 11.8 Å². The van der Waals surface area contributed by atoms with Gasteiger partial charge in [0.25, 0.3) is 0 Å². The zero-order valence-electron chi connectivity index (χ0n) is 13.4. The van der Waals surface area contributed by atoms with E-state index in [9.17, 15) is 0 Å². The monoisotopic (exact) mass is 309 g/mol. The molecule has 0 atom stereocenters. The van der Waals surface area contributed by atoms with Crippen LogP contribution < -0.4 is 11.1 Å². The molecule has 0 aliphatic rings. The van der Waals surface area contributed by atoms with E-state index in [0.29, 0.717) is 12.4 Å². The third kappa shape index (κ3) is 3.13. The molecular weight excluding hydrogens is 290 g/mol. The van der Waals surface area contributed by atoms with Crippen LogP contribution in [0.5, 0.6) is 0 Å². The smallest absolute Gasteiger partial charge is 0.222 e. The number of pyridine rings is 1. The first-order chi connectivity index (χ1) is 11.0. The number of nitrogens with one attached hydrogen (secondary N) is 1. The van der Waals surface area contributed by atoms with E-state index in [1.165, 1.54) is 0 Å². The Morgan fingerprint density at radius 1 is 1.26 bits per heavy atom. The fourth-order valence-electron chi connectivity index (χ4n) is 2.52. The normalized spacial score (nSPS) is 10.7. The van der Waals surface area contributed by atoms with Crippen molar-refractivity contribution in [2.75, 3.05) is 11.1 Å². The number of aromatic nitrogens is 5. The van der Waals surface area contributed by atoms with E-state index < -0.39 is 0 Å². The SMILES string of the molecule is Cc1nn(C)c(C)c1-c1cc(NCc2cccnc2)nc(N)n1. The van der Waals surface area contributed by atoms with Crippen molar-refractivity contribution >= 4 is 11.8 Å². The quantitative estimate of drug-likeness (QED) is 0.766. The Balaban J connectivity index is 1.90. The lowest BCUT2D eigenvalue weighted by molar-refractivity contribution is 0.731. The first-order valence-electron chi connectivity index (χ1n) is 7.32. The van der Waals surface area contributed by atoms with Crippen LogP contribution in [-0.4, -0.2) is 24.7 Å². The minimum atomic E-state index is 0.235. The minimum Gasteiger partial charge on any atom is -0.368 e. The Kier molecular flexibility index (Phi) is 3.92. The molecule has 0 unspecified atom stereocenters. The lowest BCUT2D eigenvalue weighted by Crippen LogP contribution is -2.05. The van der Waals surface area contributed by atoms with E-state index in [2.05, 4.69) is 25.4 Å². The molecule has 7 heteroatoms. The average Bonchev–Trinajstić information content (AvgIpc) is 2.78. The van der Waals surface area contributed by atoms with E-state index in [1.54, 1.807) is 6.20 Å². The number of nitrogens with two attached hydrogens (primary N) is 1. The maximum atomic E-state index is 5.87. The van der Waals surface area contributed by atoms with Crippen molar-refractivity contribution in [3.05, 3.63) is 47.5 Å². The standard InChI is InChI=1S/C16H19N7/c1-10-15(11(2)23(3)22-10)13-7-14(21-16(17)20-13)19-9-12-5-4-6-18-8-12/h4-8H,9H2,1-3H3,(H3,17,19,20,21). The Hall–Kier alpha value is -2.96. The molecule has 3 aromatic heterocycles. The molecule has 3 heterocycles. The number of aryl methyl sites for hydroxylation is 2. The number of rotatable bonds is 4. The van der Waals surface area contributed by atoms with E-state index >= 15 is 0 Å². The molecule has 0 amide bonds. The van der Waals surface area contributed by atoms with Crippen LogP contribution in [0.25, 0.3) is 11.3 Å². The molecule has 0 saturated heterocycles. The topological polar surface area (TPSA) is 94.5 Å². The van der Waals surface area contributed by atoms with Gasteiger partial charge in [-0.1, -0.05) is 6.07 Å². The summed E-state index contributed by atoms with van der Waals surface area (Å²) in [5.41, 5.74) is 10.7. The van der Waals surface area contributed by atoms with Crippen LogP contribution in [0.15, 0.2) is 30.6 Å². The van der Waals surface area contributed by atoms with Gasteiger partial charge in [0.15, 0.2) is 0 Å². The van der Waals surface area contributed by atoms with Crippen molar-refractivity contribution in [3.8, 4) is 11.3 Å². The van der Waals surface area contributed by atoms with Gasteiger partial charge in [0.05, 0.1) is 11.4 Å². The highest BCUT2D eigenvalue weighted by atomic mass is 15.3. The predicted molar refractivity (Wildman–Crippen MR) is 89.7 cm³/mol. The van der Waals surface area contributed by atoms with Gasteiger partial charge in [-0.05, 0) is 25.5 Å². The fraction of sp³-hybridized carbons (Fsp3) is 0.250. The lowest BCUT2D eigenvalue weighted by Gasteiger charge is -2.09. The van der Waals surface area contributed by atoms with Gasteiger partial charge in [0.2, 0.25) is 5.95 Å². The van der Waals surface area contributed by atoms with Gasteiger partial charge in [-0.2, -0.15) is 10.1 Å². The molecule has 3 rings (SSSR count). The Morgan fingerprint density at radius 2 is 2.09 bits per heavy atom. The molecule has 23 heavy (non-hydrogen) atoms. The summed E-state index contributed by atoms with van der Waals surface area (Å²) in [6, 6.07) is 5.80. The molecule has 0 saturated carbocycles. The summed E-state index contributed by atoms with van der Waals surface area (Å²) >= 11 is 0. The van der Waals surface area contributed by atoms with Gasteiger partial charge in [-0.3, -0.25) is 9.67 Å². The van der Waals surface area contributed by atoms with Gasteiger partial charge >= 0.3 is 0 Å². The number of anilines is 2. The first-order valence-corrected chi connectivity index (χ1v) is 7.32. The van der Waals surface area contributed by atoms with Crippen LogP contribution in [0.3, 0.4) is 0 Å². The van der Waals surface area contributed by atoms with Crippen molar-refractivity contribution in [1.29, 1.82) is 0 Å². The van der Waals surface area contributed by atoms with Crippen molar-refractivity contribution in [2.45, 2.75) is 20.4 Å². The Labute approximate surface area is 134 Å². The molecule has 3 N–H and O–H groups in total. The van der Waals surface area contributed by atoms with Crippen molar-refractivity contribution in [1.82, 2.24) is 24.7 Å². The molecule has 0 spiro atoms. The number of nitrogen functional groups attached to an aromatic ring is 1. The molecule has 0 aliphatic carbocycles. The third-order valence-electron chi connectivity index (χ3n) is 3.71. The second kappa shape index (κ2) is 6.04. The maximum Gasteiger partial charge on any atom is 0.222 e. The summed E-state index contributed by atoms with van der Waals surface area (Å²) < 4.78 is 1.84. The van der Waals surface area contributed by atoms with E-state index in [0.717, 1.165) is 28.2 Å². The molecule has 3 aromatic rings. The number of hydrogen-bond donors (Lipinski definition) is 2. The van der Waals surface area contributed by atoms with E-state index in [1.807, 2.05) is 50.0 Å². The summed E-state index contributed by atoms with van der Waals surface area (Å²) in [7, 11) is 1.91. The molecular formula is C16H19N7. The fourth-order valence-corrected chi connectivity index (χ4v) is 2.52. The van der Waals surface area contributed by atoms with E-state index in [4.69, 9.17) is 5.73 Å². The Morgan fingerprint density at radius 3 is 2.74 bits per heavy atom. The second-order valence-corrected chi connectivity index (χ2v) is 5.38. The molecule has 0 aliphatic heterocycles. The largest absolute Gasteiger partial charge is 0.368 e. The van der Waals surface area contributed by atoms with Gasteiger partial charge in [0.1, 0.15) is 5.82 Å². The first kappa shape index (κ1) is 15.0. The molecule has 118 valence electrons. The predicted octanol–water partition coefficient (Wildman–Crippen LogP) is 2.08. The molecule has 0 fully saturated rings. The molecule has 0 radical (unpaired) electrons. The summed E-state index contributed by atoms with van der Waals surface area (Å²) in [5.74, 6) is 0.915. The van der Waals surface area contributed by atoms with Gasteiger partial charge in [-0.25, -0.2) is 4.98 Å². The summed E-state index contributed by atoms with van der Waals surface area (Å²) in [6.45, 7) is 4.59. The highest BCUT2D eigenvalue weighted by Gasteiger charge is 2.14. The van der Waals surface area contributed by atoms with Gasteiger partial charge in [0, 0.05) is 43.3 Å². The van der Waals surface area contributed by atoms with Crippen LogP contribution in [-0.2, 0) is 13.6 Å². The van der Waals surface area contributed by atoms with Crippen LogP contribution >= 0.6 is 0 Å². The van der Waals surface area contributed by atoms with Crippen LogP contribution in [0.2, 0.25) is 0 Å². The van der Waals surface area contributed by atoms with Crippen molar-refractivity contribution in [3.63, 3.8) is 0 Å². The Bertz CT molecular complexity index is 824. The second-order valence-electron chi connectivity index (χ2n) is 5.38. The maximum absolute atomic E-state index is 5.87. The lowest BCUT2D eigenvalue weighted by atomic mass is 10.1. The zero-order chi connectivity index (χ0) is 16.4.